The van der Waals surface area contributed by atoms with Crippen LogP contribution in [0.1, 0.15) is 48.3 Å². The van der Waals surface area contributed by atoms with Gasteiger partial charge in [-0.2, -0.15) is 0 Å². The molecule has 8 nitrogen and oxygen atoms in total. The van der Waals surface area contributed by atoms with Crippen LogP contribution in [0, 0.1) is 6.92 Å². The van der Waals surface area contributed by atoms with Crippen molar-refractivity contribution >= 4 is 23.3 Å². The summed E-state index contributed by atoms with van der Waals surface area (Å²) in [6.45, 7) is 5.86. The first-order chi connectivity index (χ1) is 16.3. The van der Waals surface area contributed by atoms with Gasteiger partial charge in [-0.25, -0.2) is 0 Å². The summed E-state index contributed by atoms with van der Waals surface area (Å²) in [6.07, 6.45) is 0. The van der Waals surface area contributed by atoms with Crippen LogP contribution in [-0.2, 0) is 9.59 Å². The predicted molar refractivity (Wildman–Crippen MR) is 126 cm³/mol. The van der Waals surface area contributed by atoms with Crippen molar-refractivity contribution in [3.63, 3.8) is 0 Å². The number of carbonyl (C=O) groups is 2. The molecular formula is C26H26N2O6. The lowest BCUT2D eigenvalue weighted by atomic mass is 9.93. The van der Waals surface area contributed by atoms with Gasteiger partial charge < -0.3 is 19.1 Å². The summed E-state index contributed by atoms with van der Waals surface area (Å²) in [5.74, 6) is -0.0804. The van der Waals surface area contributed by atoms with E-state index in [-0.39, 0.29) is 17.2 Å². The molecule has 8 heteroatoms. The van der Waals surface area contributed by atoms with Crippen LogP contribution >= 0.6 is 0 Å². The SMILES string of the molecule is COc1ccc(/C(O)=C2\C(=O)C(=O)N(c3cc(C)on3)[C@H]2c2ccc(C(C)C)cc2)cc1OC. The van der Waals surface area contributed by atoms with Crippen LogP contribution in [0.5, 0.6) is 11.5 Å². The molecule has 1 aromatic heterocycles. The average Bonchev–Trinajstić information content (AvgIpc) is 3.38. The first-order valence-electron chi connectivity index (χ1n) is 10.8. The van der Waals surface area contributed by atoms with E-state index in [0.29, 0.717) is 34.3 Å². The third-order valence-corrected chi connectivity index (χ3v) is 5.88. The minimum atomic E-state index is -0.890. The first-order valence-corrected chi connectivity index (χ1v) is 10.8. The van der Waals surface area contributed by atoms with Crippen molar-refractivity contribution in [2.75, 3.05) is 19.1 Å². The number of hydrogen-bond donors (Lipinski definition) is 1. The number of nitrogens with zero attached hydrogens (tertiary/aromatic N) is 2. The standard InChI is InChI=1S/C26H26N2O6/c1-14(2)16-6-8-17(9-7-16)23-22(24(29)18-10-11-19(32-4)20(13-18)33-5)25(30)26(31)28(23)21-12-15(3)34-27-21/h6-14,23,29H,1-5H3/b24-22+/t23-/m0/s1. The highest BCUT2D eigenvalue weighted by Crippen LogP contribution is 2.43. The monoisotopic (exact) mass is 462 g/mol. The number of aromatic nitrogens is 1. The number of ketones is 1. The molecule has 0 aliphatic carbocycles. The van der Waals surface area contributed by atoms with E-state index in [1.807, 2.05) is 24.3 Å². The molecule has 1 fully saturated rings. The molecule has 2 aromatic carbocycles. The van der Waals surface area contributed by atoms with Crippen molar-refractivity contribution < 1.29 is 28.7 Å². The fourth-order valence-electron chi connectivity index (χ4n) is 4.05. The molecule has 1 atom stereocenters. The maximum atomic E-state index is 13.2. The molecule has 0 unspecified atom stereocenters. The van der Waals surface area contributed by atoms with Crippen LogP contribution in [0.15, 0.2) is 58.6 Å². The maximum Gasteiger partial charge on any atom is 0.301 e. The summed E-state index contributed by atoms with van der Waals surface area (Å²) in [4.78, 5) is 27.6. The Kier molecular flexibility index (Phi) is 6.15. The molecule has 2 heterocycles. The van der Waals surface area contributed by atoms with Gasteiger partial charge >= 0.3 is 5.91 Å². The topological polar surface area (TPSA) is 102 Å². The Morgan fingerprint density at radius 1 is 1.03 bits per heavy atom. The number of aliphatic hydroxyl groups excluding tert-OH is 1. The van der Waals surface area contributed by atoms with Gasteiger partial charge in [0.25, 0.3) is 5.78 Å². The van der Waals surface area contributed by atoms with Crippen LogP contribution in [0.4, 0.5) is 5.82 Å². The summed E-state index contributed by atoms with van der Waals surface area (Å²) in [7, 11) is 2.98. The number of ether oxygens (including phenoxy) is 2. The van der Waals surface area contributed by atoms with E-state index in [4.69, 9.17) is 14.0 Å². The molecule has 1 aliphatic heterocycles. The molecular weight excluding hydrogens is 436 g/mol. The lowest BCUT2D eigenvalue weighted by Crippen LogP contribution is -2.29. The first kappa shape index (κ1) is 23.1. The molecule has 34 heavy (non-hydrogen) atoms. The van der Waals surface area contributed by atoms with Gasteiger partial charge in [0.1, 0.15) is 11.5 Å². The quantitative estimate of drug-likeness (QED) is 0.320. The van der Waals surface area contributed by atoms with Gasteiger partial charge in [0.05, 0.1) is 25.8 Å². The van der Waals surface area contributed by atoms with Crippen molar-refractivity contribution in [2.45, 2.75) is 32.7 Å². The van der Waals surface area contributed by atoms with Gasteiger partial charge in [0.15, 0.2) is 17.3 Å². The van der Waals surface area contributed by atoms with Gasteiger partial charge in [0, 0.05) is 11.6 Å². The zero-order valence-corrected chi connectivity index (χ0v) is 19.7. The van der Waals surface area contributed by atoms with Crippen LogP contribution in [0.2, 0.25) is 0 Å². The van der Waals surface area contributed by atoms with Crippen molar-refractivity contribution in [1.82, 2.24) is 5.16 Å². The molecule has 0 bridgehead atoms. The molecule has 1 amide bonds. The predicted octanol–water partition coefficient (Wildman–Crippen LogP) is 4.75. The van der Waals surface area contributed by atoms with E-state index in [1.54, 1.807) is 31.2 Å². The highest BCUT2D eigenvalue weighted by atomic mass is 16.5. The zero-order chi connectivity index (χ0) is 24.6. The molecule has 0 spiro atoms. The van der Waals surface area contributed by atoms with Gasteiger partial charge in [-0.3, -0.25) is 14.5 Å². The summed E-state index contributed by atoms with van der Waals surface area (Å²) >= 11 is 0. The van der Waals surface area contributed by atoms with E-state index in [1.165, 1.54) is 19.1 Å². The zero-order valence-electron chi connectivity index (χ0n) is 19.7. The van der Waals surface area contributed by atoms with E-state index in [0.717, 1.165) is 5.56 Å². The molecule has 0 saturated carbocycles. The Labute approximate surface area is 197 Å². The van der Waals surface area contributed by atoms with E-state index in [2.05, 4.69) is 19.0 Å². The number of carbonyl (C=O) groups excluding carboxylic acids is 2. The number of amides is 1. The number of hydrogen-bond acceptors (Lipinski definition) is 7. The lowest BCUT2D eigenvalue weighted by molar-refractivity contribution is -0.132. The normalized spacial score (nSPS) is 17.5. The number of aliphatic hydroxyl groups is 1. The fourth-order valence-corrected chi connectivity index (χ4v) is 4.05. The Morgan fingerprint density at radius 3 is 2.26 bits per heavy atom. The molecule has 3 aromatic rings. The molecule has 1 aliphatic rings. The Hall–Kier alpha value is -4.07. The van der Waals surface area contributed by atoms with Crippen LogP contribution in [0.25, 0.3) is 5.76 Å². The van der Waals surface area contributed by atoms with E-state index < -0.39 is 17.7 Å². The van der Waals surface area contributed by atoms with Crippen molar-refractivity contribution in [3.05, 3.63) is 76.6 Å². The molecule has 4 rings (SSSR count). The largest absolute Gasteiger partial charge is 0.507 e. The number of rotatable bonds is 6. The second kappa shape index (κ2) is 9.05. The third-order valence-electron chi connectivity index (χ3n) is 5.88. The fraction of sp³-hybridized carbons (Fsp3) is 0.269. The van der Waals surface area contributed by atoms with Crippen molar-refractivity contribution in [2.24, 2.45) is 0 Å². The lowest BCUT2D eigenvalue weighted by Gasteiger charge is -2.23. The average molecular weight is 463 g/mol. The number of methoxy groups -OCH3 is 2. The Morgan fingerprint density at radius 2 is 1.71 bits per heavy atom. The Bertz CT molecular complexity index is 1270. The van der Waals surface area contributed by atoms with E-state index in [9.17, 15) is 14.7 Å². The highest BCUT2D eigenvalue weighted by Gasteiger charge is 2.48. The molecule has 1 N–H and O–H groups in total. The minimum absolute atomic E-state index is 0.0461. The molecule has 176 valence electrons. The molecule has 1 saturated heterocycles. The number of Topliss-reactive ketones (excluding diaryl/α,β-unsaturated/α-hetero) is 1. The summed E-state index contributed by atoms with van der Waals surface area (Å²) in [5, 5.41) is 15.2. The van der Waals surface area contributed by atoms with Gasteiger partial charge in [0.2, 0.25) is 0 Å². The van der Waals surface area contributed by atoms with Crippen molar-refractivity contribution in [1.29, 1.82) is 0 Å². The van der Waals surface area contributed by atoms with Gasteiger partial charge in [-0.15, -0.1) is 0 Å². The van der Waals surface area contributed by atoms with Gasteiger partial charge in [-0.05, 0) is 42.2 Å². The third kappa shape index (κ3) is 3.91. The van der Waals surface area contributed by atoms with Crippen LogP contribution in [0.3, 0.4) is 0 Å². The smallest absolute Gasteiger partial charge is 0.301 e. The molecule has 0 radical (unpaired) electrons. The summed E-state index contributed by atoms with van der Waals surface area (Å²) in [5.41, 5.74) is 2.04. The second-order valence-corrected chi connectivity index (χ2v) is 8.36. The van der Waals surface area contributed by atoms with E-state index >= 15 is 0 Å². The van der Waals surface area contributed by atoms with Crippen molar-refractivity contribution in [3.8, 4) is 11.5 Å². The number of anilines is 1. The van der Waals surface area contributed by atoms with Crippen LogP contribution < -0.4 is 14.4 Å². The second-order valence-electron chi connectivity index (χ2n) is 8.36. The summed E-state index contributed by atoms with van der Waals surface area (Å²) in [6, 6.07) is 13.1. The minimum Gasteiger partial charge on any atom is -0.507 e. The summed E-state index contributed by atoms with van der Waals surface area (Å²) < 4.78 is 15.8. The highest BCUT2D eigenvalue weighted by molar-refractivity contribution is 6.51. The maximum absolute atomic E-state index is 13.2. The van der Waals surface area contributed by atoms with Gasteiger partial charge in [-0.1, -0.05) is 43.3 Å². The Balaban J connectivity index is 1.92. The number of benzene rings is 2. The number of aryl methyl sites for hydroxylation is 1. The van der Waals surface area contributed by atoms with Crippen LogP contribution in [-0.4, -0.2) is 36.2 Å².